The van der Waals surface area contributed by atoms with Crippen molar-refractivity contribution in [3.63, 3.8) is 0 Å². The van der Waals surface area contributed by atoms with Crippen LogP contribution < -0.4 is 10.5 Å². The van der Waals surface area contributed by atoms with Crippen LogP contribution in [0.3, 0.4) is 0 Å². The summed E-state index contributed by atoms with van der Waals surface area (Å²) in [6, 6.07) is 4.36. The molecular formula is C14H20N2O4S. The van der Waals surface area contributed by atoms with Crippen molar-refractivity contribution < 1.29 is 17.9 Å². The number of carbonyl (C=O) groups is 1. The molecule has 1 aliphatic rings. The van der Waals surface area contributed by atoms with E-state index < -0.39 is 16.0 Å². The highest BCUT2D eigenvalue weighted by molar-refractivity contribution is 7.89. The van der Waals surface area contributed by atoms with Crippen LogP contribution in [0.5, 0.6) is 0 Å². The van der Waals surface area contributed by atoms with Gasteiger partial charge >= 0.3 is 5.97 Å². The van der Waals surface area contributed by atoms with E-state index in [2.05, 4.69) is 9.46 Å². The third-order valence-electron chi connectivity index (χ3n) is 3.57. The fourth-order valence-corrected chi connectivity index (χ4v) is 3.37. The number of nitrogens with one attached hydrogen (secondary N) is 1. The summed E-state index contributed by atoms with van der Waals surface area (Å²) in [6.07, 6.45) is 2.08. The first-order valence-electron chi connectivity index (χ1n) is 6.79. The normalized spacial score (nSPS) is 16.5. The molecule has 0 aliphatic heterocycles. The number of benzene rings is 1. The lowest BCUT2D eigenvalue weighted by atomic mass is 10.1. The maximum atomic E-state index is 12.4. The molecule has 116 valence electrons. The Morgan fingerprint density at radius 3 is 2.71 bits per heavy atom. The van der Waals surface area contributed by atoms with Crippen molar-refractivity contribution in [3.05, 3.63) is 29.3 Å². The fraction of sp³-hybridized carbons (Fsp3) is 0.500. The lowest BCUT2D eigenvalue weighted by Crippen LogP contribution is -2.39. The molecule has 1 fully saturated rings. The molecule has 1 aliphatic carbocycles. The molecular weight excluding hydrogens is 292 g/mol. The summed E-state index contributed by atoms with van der Waals surface area (Å²) >= 11 is 0. The van der Waals surface area contributed by atoms with E-state index in [-0.39, 0.29) is 23.0 Å². The minimum Gasteiger partial charge on any atom is -0.465 e. The largest absolute Gasteiger partial charge is 0.465 e. The van der Waals surface area contributed by atoms with Crippen LogP contribution in [0.4, 0.5) is 0 Å². The second-order valence-electron chi connectivity index (χ2n) is 5.34. The Balaban J connectivity index is 2.24. The molecule has 0 spiro atoms. The van der Waals surface area contributed by atoms with Crippen molar-refractivity contribution in [2.75, 3.05) is 13.7 Å². The number of carbonyl (C=O) groups excluding carboxylic acids is 1. The predicted molar refractivity (Wildman–Crippen MR) is 78.4 cm³/mol. The average molecular weight is 312 g/mol. The second-order valence-corrected chi connectivity index (χ2v) is 7.08. The first kappa shape index (κ1) is 15.9. The Bertz CT molecular complexity index is 638. The van der Waals surface area contributed by atoms with Gasteiger partial charge in [-0.15, -0.1) is 0 Å². The lowest BCUT2D eigenvalue weighted by Gasteiger charge is -2.14. The average Bonchev–Trinajstić information content (AvgIpc) is 3.28. The molecule has 0 radical (unpaired) electrons. The van der Waals surface area contributed by atoms with Crippen molar-refractivity contribution in [2.45, 2.75) is 30.7 Å². The van der Waals surface area contributed by atoms with Crippen molar-refractivity contribution in [1.82, 2.24) is 4.72 Å². The number of methoxy groups -OCH3 is 1. The molecule has 0 saturated heterocycles. The SMILES string of the molecule is COC(=O)c1cc(C)ccc1S(=O)(=O)NCC(N)C1CC1. The maximum absolute atomic E-state index is 12.4. The van der Waals surface area contributed by atoms with Gasteiger partial charge in [-0.2, -0.15) is 0 Å². The Kier molecular flexibility index (Phi) is 4.65. The van der Waals surface area contributed by atoms with Gasteiger partial charge in [0.05, 0.1) is 17.6 Å². The van der Waals surface area contributed by atoms with Crippen LogP contribution in [0.15, 0.2) is 23.1 Å². The summed E-state index contributed by atoms with van der Waals surface area (Å²) in [5.74, 6) is -0.281. The molecule has 0 heterocycles. The summed E-state index contributed by atoms with van der Waals surface area (Å²) in [5, 5.41) is 0. The van der Waals surface area contributed by atoms with E-state index in [0.717, 1.165) is 18.4 Å². The maximum Gasteiger partial charge on any atom is 0.339 e. The molecule has 1 saturated carbocycles. The molecule has 21 heavy (non-hydrogen) atoms. The van der Waals surface area contributed by atoms with Gasteiger partial charge in [-0.1, -0.05) is 11.6 Å². The molecule has 1 atom stereocenters. The zero-order valence-corrected chi connectivity index (χ0v) is 12.9. The molecule has 1 unspecified atom stereocenters. The monoisotopic (exact) mass is 312 g/mol. The molecule has 7 heteroatoms. The van der Waals surface area contributed by atoms with E-state index in [1.165, 1.54) is 19.2 Å². The smallest absolute Gasteiger partial charge is 0.339 e. The van der Waals surface area contributed by atoms with Crippen molar-refractivity contribution >= 4 is 16.0 Å². The summed E-state index contributed by atoms with van der Waals surface area (Å²) in [5.41, 5.74) is 6.71. The van der Waals surface area contributed by atoms with E-state index in [1.54, 1.807) is 13.0 Å². The topological polar surface area (TPSA) is 98.5 Å². The summed E-state index contributed by atoms with van der Waals surface area (Å²) in [7, 11) is -2.57. The van der Waals surface area contributed by atoms with E-state index in [9.17, 15) is 13.2 Å². The summed E-state index contributed by atoms with van der Waals surface area (Å²) in [6.45, 7) is 1.95. The Hall–Kier alpha value is -1.44. The van der Waals surface area contributed by atoms with E-state index in [1.807, 2.05) is 0 Å². The van der Waals surface area contributed by atoms with Crippen LogP contribution in [-0.4, -0.2) is 34.1 Å². The highest BCUT2D eigenvalue weighted by Gasteiger charge is 2.30. The zero-order chi connectivity index (χ0) is 15.6. The van der Waals surface area contributed by atoms with Gasteiger partial charge in [0.2, 0.25) is 10.0 Å². The van der Waals surface area contributed by atoms with Gasteiger partial charge in [-0.25, -0.2) is 17.9 Å². The molecule has 6 nitrogen and oxygen atoms in total. The van der Waals surface area contributed by atoms with E-state index >= 15 is 0 Å². The number of esters is 1. The van der Waals surface area contributed by atoms with Crippen molar-refractivity contribution in [1.29, 1.82) is 0 Å². The van der Waals surface area contributed by atoms with Gasteiger partial charge in [-0.3, -0.25) is 0 Å². The third kappa shape index (κ3) is 3.81. The van der Waals surface area contributed by atoms with Crippen LogP contribution in [0.25, 0.3) is 0 Å². The molecule has 0 bridgehead atoms. The minimum absolute atomic E-state index is 0.0324. The van der Waals surface area contributed by atoms with Crippen molar-refractivity contribution in [3.8, 4) is 0 Å². The molecule has 1 aromatic rings. The van der Waals surface area contributed by atoms with E-state index in [0.29, 0.717) is 5.92 Å². The zero-order valence-electron chi connectivity index (χ0n) is 12.1. The molecule has 0 aromatic heterocycles. The summed E-state index contributed by atoms with van der Waals surface area (Å²) < 4.78 is 31.8. The van der Waals surface area contributed by atoms with Crippen LogP contribution in [0.2, 0.25) is 0 Å². The van der Waals surface area contributed by atoms with Crippen LogP contribution in [0.1, 0.15) is 28.8 Å². The molecule has 0 amide bonds. The standard InChI is InChI=1S/C14H20N2O4S/c1-9-3-6-13(11(7-9)14(17)20-2)21(18,19)16-8-12(15)10-4-5-10/h3,6-7,10,12,16H,4-5,8,15H2,1-2H3. The number of sulfonamides is 1. The second kappa shape index (κ2) is 6.13. The van der Waals surface area contributed by atoms with Gasteiger partial charge in [0.15, 0.2) is 0 Å². The number of hydrogen-bond acceptors (Lipinski definition) is 5. The lowest BCUT2D eigenvalue weighted by molar-refractivity contribution is 0.0596. The van der Waals surface area contributed by atoms with Gasteiger partial charge in [-0.05, 0) is 37.8 Å². The van der Waals surface area contributed by atoms with Gasteiger partial charge < -0.3 is 10.5 Å². The highest BCUT2D eigenvalue weighted by Crippen LogP contribution is 2.31. The van der Waals surface area contributed by atoms with Gasteiger partial charge in [0.25, 0.3) is 0 Å². The number of rotatable bonds is 6. The van der Waals surface area contributed by atoms with Gasteiger partial charge in [0, 0.05) is 12.6 Å². The van der Waals surface area contributed by atoms with Crippen LogP contribution in [0, 0.1) is 12.8 Å². The number of hydrogen-bond donors (Lipinski definition) is 2. The third-order valence-corrected chi connectivity index (χ3v) is 5.05. The first-order valence-corrected chi connectivity index (χ1v) is 8.27. The quantitative estimate of drug-likeness (QED) is 0.757. The first-order chi connectivity index (χ1) is 9.85. The van der Waals surface area contributed by atoms with Crippen LogP contribution >= 0.6 is 0 Å². The van der Waals surface area contributed by atoms with Crippen molar-refractivity contribution in [2.24, 2.45) is 11.7 Å². The molecule has 3 N–H and O–H groups in total. The number of aryl methyl sites for hydroxylation is 1. The van der Waals surface area contributed by atoms with E-state index in [4.69, 9.17) is 5.73 Å². The molecule has 2 rings (SSSR count). The van der Waals surface area contributed by atoms with Crippen LogP contribution in [-0.2, 0) is 14.8 Å². The highest BCUT2D eigenvalue weighted by atomic mass is 32.2. The van der Waals surface area contributed by atoms with Gasteiger partial charge in [0.1, 0.15) is 0 Å². The number of nitrogens with two attached hydrogens (primary N) is 1. The minimum atomic E-state index is -3.79. The Labute approximate surface area is 124 Å². The number of ether oxygens (including phenoxy) is 1. The molecule has 1 aromatic carbocycles. The summed E-state index contributed by atoms with van der Waals surface area (Å²) in [4.78, 5) is 11.7. The Morgan fingerprint density at radius 2 is 2.14 bits per heavy atom. The predicted octanol–water partition coefficient (Wildman–Crippen LogP) is 0.797. The fourth-order valence-electron chi connectivity index (χ4n) is 2.12. The Morgan fingerprint density at radius 1 is 1.48 bits per heavy atom.